The molecule has 0 heterocycles. The van der Waals surface area contributed by atoms with E-state index in [9.17, 15) is 9.59 Å². The summed E-state index contributed by atoms with van der Waals surface area (Å²) < 4.78 is 0. The molecule has 144 valence electrons. The molecule has 27 heavy (non-hydrogen) atoms. The molecule has 2 rings (SSSR count). The fourth-order valence-corrected chi connectivity index (χ4v) is 3.06. The van der Waals surface area contributed by atoms with E-state index in [-0.39, 0.29) is 30.8 Å². The zero-order valence-electron chi connectivity index (χ0n) is 16.1. The summed E-state index contributed by atoms with van der Waals surface area (Å²) in [4.78, 5) is 24.2. The summed E-state index contributed by atoms with van der Waals surface area (Å²) in [5, 5.41) is 6.09. The molecule has 0 unspecified atom stereocenters. The van der Waals surface area contributed by atoms with Crippen LogP contribution >= 0.6 is 11.6 Å². The van der Waals surface area contributed by atoms with Gasteiger partial charge in [-0.3, -0.25) is 9.59 Å². The van der Waals surface area contributed by atoms with E-state index in [4.69, 9.17) is 11.6 Å². The van der Waals surface area contributed by atoms with Crippen molar-refractivity contribution in [3.05, 3.63) is 70.2 Å². The first-order chi connectivity index (χ1) is 12.9. The van der Waals surface area contributed by atoms with E-state index in [1.807, 2.05) is 6.92 Å². The molecule has 0 fully saturated rings. The van der Waals surface area contributed by atoms with Crippen molar-refractivity contribution in [2.24, 2.45) is 5.92 Å². The first kappa shape index (κ1) is 21.0. The van der Waals surface area contributed by atoms with Gasteiger partial charge in [0.1, 0.15) is 0 Å². The van der Waals surface area contributed by atoms with Crippen molar-refractivity contribution in [1.29, 1.82) is 0 Å². The van der Waals surface area contributed by atoms with Crippen molar-refractivity contribution >= 4 is 23.4 Å². The highest BCUT2D eigenvalue weighted by molar-refractivity contribution is 6.33. The fraction of sp³-hybridized carbons (Fsp3) is 0.364. The molecule has 1 atom stereocenters. The Balaban J connectivity index is 1.78. The first-order valence-electron chi connectivity index (χ1n) is 9.27. The lowest BCUT2D eigenvalue weighted by molar-refractivity contribution is -0.121. The predicted octanol–water partition coefficient (Wildman–Crippen LogP) is 4.54. The van der Waals surface area contributed by atoms with Crippen molar-refractivity contribution in [3.8, 4) is 0 Å². The van der Waals surface area contributed by atoms with E-state index in [2.05, 4.69) is 48.7 Å². The van der Waals surface area contributed by atoms with Gasteiger partial charge in [-0.25, -0.2) is 0 Å². The predicted molar refractivity (Wildman–Crippen MR) is 110 cm³/mol. The Bertz CT molecular complexity index is 772. The lowest BCUT2D eigenvalue weighted by Crippen LogP contribution is -2.32. The van der Waals surface area contributed by atoms with Crippen LogP contribution in [0, 0.1) is 5.92 Å². The molecular weight excluding hydrogens is 360 g/mol. The van der Waals surface area contributed by atoms with E-state index < -0.39 is 0 Å². The number of carbonyl (C=O) groups excluding carboxylic acids is 2. The van der Waals surface area contributed by atoms with Crippen LogP contribution in [0.5, 0.6) is 0 Å². The fourth-order valence-electron chi connectivity index (χ4n) is 2.84. The van der Waals surface area contributed by atoms with Crippen LogP contribution in [-0.2, 0) is 11.2 Å². The van der Waals surface area contributed by atoms with Crippen LogP contribution in [0.2, 0.25) is 5.02 Å². The summed E-state index contributed by atoms with van der Waals surface area (Å²) in [6, 6.07) is 15.1. The van der Waals surface area contributed by atoms with Crippen molar-refractivity contribution < 1.29 is 9.59 Å². The Morgan fingerprint density at radius 3 is 2.30 bits per heavy atom. The lowest BCUT2D eigenvalue weighted by atomic mass is 10.00. The minimum Gasteiger partial charge on any atom is -0.351 e. The molecule has 0 saturated heterocycles. The highest BCUT2D eigenvalue weighted by atomic mass is 35.5. The molecule has 0 spiro atoms. The summed E-state index contributed by atoms with van der Waals surface area (Å²) in [6.45, 7) is 6.61. The van der Waals surface area contributed by atoms with Crippen LogP contribution in [0.25, 0.3) is 0 Å². The molecule has 0 radical (unpaired) electrons. The maximum absolute atomic E-state index is 12.1. The third-order valence-corrected chi connectivity index (χ3v) is 4.59. The minimum atomic E-state index is -0.276. The van der Waals surface area contributed by atoms with Gasteiger partial charge in [0.25, 0.3) is 5.91 Å². The van der Waals surface area contributed by atoms with Crippen LogP contribution in [0.4, 0.5) is 0 Å². The van der Waals surface area contributed by atoms with Crippen LogP contribution < -0.4 is 10.6 Å². The highest BCUT2D eigenvalue weighted by Gasteiger charge is 2.12. The average molecular weight is 387 g/mol. The van der Waals surface area contributed by atoms with Crippen LogP contribution in [0.15, 0.2) is 48.5 Å². The van der Waals surface area contributed by atoms with E-state index in [1.54, 1.807) is 24.3 Å². The van der Waals surface area contributed by atoms with Gasteiger partial charge in [-0.15, -0.1) is 0 Å². The Hall–Kier alpha value is -2.33. The molecule has 2 amide bonds. The zero-order valence-corrected chi connectivity index (χ0v) is 16.8. The lowest BCUT2D eigenvalue weighted by Gasteiger charge is -2.15. The number of benzene rings is 2. The maximum Gasteiger partial charge on any atom is 0.252 e. The molecule has 0 aliphatic heterocycles. The van der Waals surface area contributed by atoms with Gasteiger partial charge in [0.2, 0.25) is 5.91 Å². The number of carbonyl (C=O) groups is 2. The number of hydrogen-bond acceptors (Lipinski definition) is 2. The number of rotatable bonds is 8. The van der Waals surface area contributed by atoms with E-state index >= 15 is 0 Å². The largest absolute Gasteiger partial charge is 0.351 e. The van der Waals surface area contributed by atoms with Crippen molar-refractivity contribution in [2.45, 2.75) is 39.7 Å². The second-order valence-electron chi connectivity index (χ2n) is 7.11. The van der Waals surface area contributed by atoms with E-state index in [0.29, 0.717) is 16.5 Å². The number of hydrogen-bond donors (Lipinski definition) is 2. The SMILES string of the molecule is CC(C)Cc1ccc([C@H](C)NC(=O)CCNC(=O)c2ccccc2Cl)cc1. The van der Waals surface area contributed by atoms with Crippen LogP contribution in [0.1, 0.15) is 54.7 Å². The molecule has 2 aromatic rings. The summed E-state index contributed by atoms with van der Waals surface area (Å²) in [5.74, 6) is 0.240. The standard InChI is InChI=1S/C22H27ClN2O2/c1-15(2)14-17-8-10-18(11-9-17)16(3)25-21(26)12-13-24-22(27)19-6-4-5-7-20(19)23/h4-11,15-16H,12-14H2,1-3H3,(H,24,27)(H,25,26)/t16-/m0/s1. The quantitative estimate of drug-likeness (QED) is 0.699. The summed E-state index contributed by atoms with van der Waals surface area (Å²) in [5.41, 5.74) is 2.78. The minimum absolute atomic E-state index is 0.0788. The molecule has 0 bridgehead atoms. The zero-order chi connectivity index (χ0) is 19.8. The van der Waals surface area contributed by atoms with Crippen LogP contribution in [0.3, 0.4) is 0 Å². The van der Waals surface area contributed by atoms with Gasteiger partial charge in [0.15, 0.2) is 0 Å². The molecule has 0 aliphatic rings. The third-order valence-electron chi connectivity index (χ3n) is 4.26. The Kier molecular flexibility index (Phi) is 7.86. The van der Waals surface area contributed by atoms with Gasteiger partial charge in [0.05, 0.1) is 16.6 Å². The Labute approximate surface area is 166 Å². The Morgan fingerprint density at radius 2 is 1.67 bits per heavy atom. The molecule has 5 heteroatoms. The first-order valence-corrected chi connectivity index (χ1v) is 9.65. The topological polar surface area (TPSA) is 58.2 Å². The van der Waals surface area contributed by atoms with Crippen molar-refractivity contribution in [3.63, 3.8) is 0 Å². The summed E-state index contributed by atoms with van der Waals surface area (Å²) >= 11 is 6.00. The second kappa shape index (κ2) is 10.1. The van der Waals surface area contributed by atoms with E-state index in [1.165, 1.54) is 5.56 Å². The average Bonchev–Trinajstić information content (AvgIpc) is 2.62. The van der Waals surface area contributed by atoms with Gasteiger partial charge in [0, 0.05) is 13.0 Å². The molecule has 4 nitrogen and oxygen atoms in total. The Morgan fingerprint density at radius 1 is 1.00 bits per heavy atom. The van der Waals surface area contributed by atoms with Gasteiger partial charge in [-0.2, -0.15) is 0 Å². The number of amides is 2. The van der Waals surface area contributed by atoms with Gasteiger partial charge in [-0.1, -0.05) is 61.8 Å². The van der Waals surface area contributed by atoms with Gasteiger partial charge < -0.3 is 10.6 Å². The highest BCUT2D eigenvalue weighted by Crippen LogP contribution is 2.16. The molecule has 0 aromatic heterocycles. The molecule has 2 N–H and O–H groups in total. The van der Waals surface area contributed by atoms with Crippen LogP contribution in [-0.4, -0.2) is 18.4 Å². The van der Waals surface area contributed by atoms with Gasteiger partial charge >= 0.3 is 0 Å². The van der Waals surface area contributed by atoms with E-state index in [0.717, 1.165) is 12.0 Å². The van der Waals surface area contributed by atoms with Crippen molar-refractivity contribution in [2.75, 3.05) is 6.54 Å². The summed E-state index contributed by atoms with van der Waals surface area (Å²) in [7, 11) is 0. The second-order valence-corrected chi connectivity index (χ2v) is 7.52. The monoisotopic (exact) mass is 386 g/mol. The maximum atomic E-state index is 12.1. The van der Waals surface area contributed by atoms with Crippen molar-refractivity contribution in [1.82, 2.24) is 10.6 Å². The van der Waals surface area contributed by atoms with Gasteiger partial charge in [-0.05, 0) is 42.5 Å². The molecular formula is C22H27ClN2O2. The third kappa shape index (κ3) is 6.72. The molecule has 0 saturated carbocycles. The molecule has 0 aliphatic carbocycles. The normalized spacial score (nSPS) is 11.9. The number of nitrogens with one attached hydrogen (secondary N) is 2. The molecule has 2 aromatic carbocycles. The smallest absolute Gasteiger partial charge is 0.252 e. The summed E-state index contributed by atoms with van der Waals surface area (Å²) in [6.07, 6.45) is 1.26. The number of halogens is 1.